The molecule has 0 aromatic carbocycles. The molecule has 0 amide bonds. The average molecular weight is 212 g/mol. The Kier molecular flexibility index (Phi) is 3.09. The van der Waals surface area contributed by atoms with Gasteiger partial charge in [-0.25, -0.2) is 0 Å². The Bertz CT molecular complexity index is 217. The Hall–Kier alpha value is -0.0800. The van der Waals surface area contributed by atoms with Crippen molar-refractivity contribution in [1.82, 2.24) is 0 Å². The summed E-state index contributed by atoms with van der Waals surface area (Å²) in [6, 6.07) is 0. The van der Waals surface area contributed by atoms with Crippen LogP contribution in [0.3, 0.4) is 0 Å². The second-order valence-electron chi connectivity index (χ2n) is 6.11. The molecule has 0 bridgehead atoms. The fraction of sp³-hybridized carbons (Fsp3) is 1.00. The third-order valence-corrected chi connectivity index (χ3v) is 4.21. The van der Waals surface area contributed by atoms with Crippen molar-refractivity contribution in [2.24, 2.45) is 5.41 Å². The van der Waals surface area contributed by atoms with Gasteiger partial charge in [-0.05, 0) is 51.4 Å². The molecule has 88 valence electrons. The zero-order valence-corrected chi connectivity index (χ0v) is 10.1. The van der Waals surface area contributed by atoms with E-state index in [4.69, 9.17) is 4.74 Å². The monoisotopic (exact) mass is 212 g/mol. The summed E-state index contributed by atoms with van der Waals surface area (Å²) < 4.78 is 6.03. The summed E-state index contributed by atoms with van der Waals surface area (Å²) >= 11 is 0. The summed E-state index contributed by atoms with van der Waals surface area (Å²) in [5.41, 5.74) is 0.269. The first-order valence-electron chi connectivity index (χ1n) is 6.34. The van der Waals surface area contributed by atoms with Crippen LogP contribution in [0.15, 0.2) is 0 Å². The predicted molar refractivity (Wildman–Crippen MR) is 60.8 cm³/mol. The van der Waals surface area contributed by atoms with Crippen LogP contribution in [0.1, 0.15) is 58.8 Å². The van der Waals surface area contributed by atoms with Gasteiger partial charge in [0.25, 0.3) is 0 Å². The van der Waals surface area contributed by atoms with Crippen molar-refractivity contribution >= 4 is 0 Å². The molecule has 1 aliphatic heterocycles. The third-order valence-electron chi connectivity index (χ3n) is 4.21. The second kappa shape index (κ2) is 4.06. The van der Waals surface area contributed by atoms with E-state index in [-0.39, 0.29) is 11.0 Å². The third kappa shape index (κ3) is 2.54. The summed E-state index contributed by atoms with van der Waals surface area (Å²) in [5.74, 6) is 0. The van der Waals surface area contributed by atoms with Gasteiger partial charge in [0.1, 0.15) is 0 Å². The van der Waals surface area contributed by atoms with E-state index in [1.165, 1.54) is 38.5 Å². The maximum absolute atomic E-state index is 9.55. The lowest BCUT2D eigenvalue weighted by molar-refractivity contribution is -0.0429. The normalized spacial score (nSPS) is 33.4. The highest BCUT2D eigenvalue weighted by molar-refractivity contribution is 4.90. The summed E-state index contributed by atoms with van der Waals surface area (Å²) in [6.07, 6.45) is 8.78. The number of ether oxygens (including phenoxy) is 1. The van der Waals surface area contributed by atoms with Crippen LogP contribution in [0, 0.1) is 5.41 Å². The Labute approximate surface area is 93.0 Å². The summed E-state index contributed by atoms with van der Waals surface area (Å²) in [5, 5.41) is 9.55. The van der Waals surface area contributed by atoms with Crippen molar-refractivity contribution in [2.75, 3.05) is 6.61 Å². The van der Waals surface area contributed by atoms with Gasteiger partial charge in [0.05, 0.1) is 11.7 Å². The molecule has 2 fully saturated rings. The number of aliphatic hydroxyl groups is 1. The van der Waals surface area contributed by atoms with Gasteiger partial charge in [0.2, 0.25) is 0 Å². The Morgan fingerprint density at radius 1 is 1.20 bits per heavy atom. The average Bonchev–Trinajstić information content (AvgIpc) is 2.75. The minimum Gasteiger partial charge on any atom is -0.396 e. The van der Waals surface area contributed by atoms with E-state index in [1.807, 2.05) is 0 Å². The molecule has 1 aliphatic carbocycles. The quantitative estimate of drug-likeness (QED) is 0.779. The molecule has 1 atom stereocenters. The Morgan fingerprint density at radius 2 is 1.87 bits per heavy atom. The second-order valence-corrected chi connectivity index (χ2v) is 6.11. The molecule has 2 nitrogen and oxygen atoms in total. The van der Waals surface area contributed by atoms with Gasteiger partial charge in [-0.1, -0.05) is 12.8 Å². The minimum absolute atomic E-state index is 0.0694. The zero-order chi connectivity index (χ0) is 10.9. The molecule has 2 rings (SSSR count). The van der Waals surface area contributed by atoms with Crippen LogP contribution in [0.4, 0.5) is 0 Å². The fourth-order valence-electron chi connectivity index (χ4n) is 3.26. The van der Waals surface area contributed by atoms with Crippen molar-refractivity contribution in [3.63, 3.8) is 0 Å². The van der Waals surface area contributed by atoms with Crippen LogP contribution < -0.4 is 0 Å². The molecule has 0 radical (unpaired) electrons. The van der Waals surface area contributed by atoms with Crippen LogP contribution in [0.2, 0.25) is 0 Å². The van der Waals surface area contributed by atoms with E-state index in [0.29, 0.717) is 12.7 Å². The summed E-state index contributed by atoms with van der Waals surface area (Å²) in [4.78, 5) is 0. The number of hydrogen-bond donors (Lipinski definition) is 1. The van der Waals surface area contributed by atoms with Crippen LogP contribution in [-0.4, -0.2) is 23.4 Å². The Morgan fingerprint density at radius 3 is 2.33 bits per heavy atom. The minimum atomic E-state index is 0.0694. The van der Waals surface area contributed by atoms with Gasteiger partial charge in [-0.2, -0.15) is 0 Å². The molecule has 1 heterocycles. The zero-order valence-electron chi connectivity index (χ0n) is 10.1. The molecular formula is C13H24O2. The first-order chi connectivity index (χ1) is 7.05. The first-order valence-corrected chi connectivity index (χ1v) is 6.34. The number of rotatable bonds is 3. The van der Waals surface area contributed by atoms with Gasteiger partial charge >= 0.3 is 0 Å². The molecule has 1 saturated heterocycles. The lowest BCUT2D eigenvalue weighted by Gasteiger charge is -2.30. The van der Waals surface area contributed by atoms with Crippen molar-refractivity contribution in [3.8, 4) is 0 Å². The van der Waals surface area contributed by atoms with E-state index in [2.05, 4.69) is 13.8 Å². The lowest BCUT2D eigenvalue weighted by atomic mass is 9.81. The molecule has 2 heteroatoms. The molecular weight excluding hydrogens is 188 g/mol. The van der Waals surface area contributed by atoms with E-state index in [0.717, 1.165) is 6.42 Å². The molecule has 15 heavy (non-hydrogen) atoms. The van der Waals surface area contributed by atoms with Gasteiger partial charge < -0.3 is 9.84 Å². The number of hydrogen-bond acceptors (Lipinski definition) is 2. The van der Waals surface area contributed by atoms with E-state index in [9.17, 15) is 5.11 Å². The van der Waals surface area contributed by atoms with Crippen molar-refractivity contribution in [2.45, 2.75) is 70.5 Å². The predicted octanol–water partition coefficient (Wildman–Crippen LogP) is 2.89. The number of aliphatic hydroxyl groups excluding tert-OH is 1. The van der Waals surface area contributed by atoms with Gasteiger partial charge in [0.15, 0.2) is 0 Å². The smallest absolute Gasteiger partial charge is 0.0631 e. The van der Waals surface area contributed by atoms with Crippen molar-refractivity contribution < 1.29 is 9.84 Å². The Balaban J connectivity index is 1.91. The van der Waals surface area contributed by atoms with E-state index < -0.39 is 0 Å². The molecule has 0 aromatic rings. The SMILES string of the molecule is CC1(C)CCC(CC2(CO)CCCC2)O1. The first kappa shape index (κ1) is 11.4. The maximum Gasteiger partial charge on any atom is 0.0631 e. The van der Waals surface area contributed by atoms with Crippen LogP contribution in [0.25, 0.3) is 0 Å². The van der Waals surface area contributed by atoms with Crippen molar-refractivity contribution in [3.05, 3.63) is 0 Å². The van der Waals surface area contributed by atoms with Gasteiger partial charge in [0, 0.05) is 6.61 Å². The molecule has 2 aliphatic rings. The van der Waals surface area contributed by atoms with Gasteiger partial charge in [-0.3, -0.25) is 0 Å². The highest BCUT2D eigenvalue weighted by Gasteiger charge is 2.40. The van der Waals surface area contributed by atoms with Crippen LogP contribution >= 0.6 is 0 Å². The largest absolute Gasteiger partial charge is 0.396 e. The molecule has 1 unspecified atom stereocenters. The van der Waals surface area contributed by atoms with Crippen LogP contribution in [-0.2, 0) is 4.74 Å². The maximum atomic E-state index is 9.55. The standard InChI is InChI=1S/C13H24O2/c1-12(2)8-5-11(15-12)9-13(10-14)6-3-4-7-13/h11,14H,3-10H2,1-2H3. The highest BCUT2D eigenvalue weighted by atomic mass is 16.5. The summed E-state index contributed by atoms with van der Waals surface area (Å²) in [6.45, 7) is 4.70. The summed E-state index contributed by atoms with van der Waals surface area (Å²) in [7, 11) is 0. The van der Waals surface area contributed by atoms with Crippen LogP contribution in [0.5, 0.6) is 0 Å². The van der Waals surface area contributed by atoms with Gasteiger partial charge in [-0.15, -0.1) is 0 Å². The molecule has 1 saturated carbocycles. The van der Waals surface area contributed by atoms with E-state index in [1.54, 1.807) is 0 Å². The molecule has 0 spiro atoms. The highest BCUT2D eigenvalue weighted by Crippen LogP contribution is 2.45. The molecule has 0 aromatic heterocycles. The van der Waals surface area contributed by atoms with E-state index >= 15 is 0 Å². The molecule has 1 N–H and O–H groups in total. The van der Waals surface area contributed by atoms with Crippen molar-refractivity contribution in [1.29, 1.82) is 0 Å². The topological polar surface area (TPSA) is 29.5 Å². The fourth-order valence-corrected chi connectivity index (χ4v) is 3.26. The lowest BCUT2D eigenvalue weighted by Crippen LogP contribution is -2.29.